The van der Waals surface area contributed by atoms with E-state index in [1.54, 1.807) is 25.2 Å². The predicted octanol–water partition coefficient (Wildman–Crippen LogP) is 4.34. The smallest absolute Gasteiger partial charge is 0.262 e. The third-order valence-electron chi connectivity index (χ3n) is 3.41. The van der Waals surface area contributed by atoms with Crippen LogP contribution in [0, 0.1) is 6.92 Å². The largest absolute Gasteiger partial charge is 0.323 e. The van der Waals surface area contributed by atoms with Crippen LogP contribution in [0.2, 0.25) is 10.0 Å². The molecule has 3 rings (SSSR count). The van der Waals surface area contributed by atoms with Gasteiger partial charge in [0.15, 0.2) is 5.16 Å². The lowest BCUT2D eigenvalue weighted by molar-refractivity contribution is -0.113. The number of anilines is 1. The Morgan fingerprint density at radius 2 is 2.04 bits per heavy atom. The van der Waals surface area contributed by atoms with Crippen molar-refractivity contribution in [2.24, 2.45) is 7.05 Å². The molecule has 5 nitrogen and oxygen atoms in total. The summed E-state index contributed by atoms with van der Waals surface area (Å²) in [6.07, 6.45) is 0. The molecular formula is C16H13Cl2N3O2S2. The maximum absolute atomic E-state index is 12.4. The number of thiophene rings is 1. The number of amides is 1. The first-order valence-electron chi connectivity index (χ1n) is 7.20. The number of aromatic nitrogens is 2. The number of halogens is 2. The molecule has 1 amide bonds. The standard InChI is InChI=1S/C16H13Cl2N3O2S2/c1-8-6-9-14(25-8)20-16(21(2)15(9)23)24-7-12(22)19-13-10(17)4-3-5-11(13)18/h3-6H,7H2,1-2H3,(H,19,22). The van der Waals surface area contributed by atoms with Crippen LogP contribution in [0.1, 0.15) is 4.88 Å². The van der Waals surface area contributed by atoms with E-state index in [0.29, 0.717) is 31.1 Å². The molecule has 2 heterocycles. The fraction of sp³-hybridized carbons (Fsp3) is 0.188. The Kier molecular flexibility index (Phi) is 5.38. The summed E-state index contributed by atoms with van der Waals surface area (Å²) in [4.78, 5) is 30.7. The van der Waals surface area contributed by atoms with Crippen molar-refractivity contribution in [1.29, 1.82) is 0 Å². The molecule has 0 spiro atoms. The molecule has 0 unspecified atom stereocenters. The zero-order chi connectivity index (χ0) is 18.1. The van der Waals surface area contributed by atoms with E-state index in [0.717, 1.165) is 4.88 Å². The van der Waals surface area contributed by atoms with Gasteiger partial charge in [0, 0.05) is 11.9 Å². The average Bonchev–Trinajstić information content (AvgIpc) is 2.94. The monoisotopic (exact) mass is 413 g/mol. The molecule has 2 aromatic heterocycles. The van der Waals surface area contributed by atoms with Crippen LogP contribution in [0.5, 0.6) is 0 Å². The SMILES string of the molecule is Cc1cc2c(=O)n(C)c(SCC(=O)Nc3c(Cl)cccc3Cl)nc2s1. The first kappa shape index (κ1) is 18.3. The van der Waals surface area contributed by atoms with Gasteiger partial charge in [0.25, 0.3) is 5.56 Å². The highest BCUT2D eigenvalue weighted by Gasteiger charge is 2.14. The number of para-hydroxylation sites is 1. The topological polar surface area (TPSA) is 64.0 Å². The Balaban J connectivity index is 1.77. The van der Waals surface area contributed by atoms with Crippen LogP contribution in [-0.4, -0.2) is 21.2 Å². The number of carbonyl (C=O) groups is 1. The second kappa shape index (κ2) is 7.37. The van der Waals surface area contributed by atoms with Gasteiger partial charge in [-0.05, 0) is 25.1 Å². The molecule has 0 fully saturated rings. The van der Waals surface area contributed by atoms with Gasteiger partial charge in [-0.15, -0.1) is 11.3 Å². The van der Waals surface area contributed by atoms with Crippen molar-refractivity contribution in [1.82, 2.24) is 9.55 Å². The van der Waals surface area contributed by atoms with Crippen LogP contribution in [0.15, 0.2) is 34.2 Å². The molecule has 0 saturated carbocycles. The fourth-order valence-electron chi connectivity index (χ4n) is 2.22. The second-order valence-corrected chi connectivity index (χ2v) is 8.26. The summed E-state index contributed by atoms with van der Waals surface area (Å²) in [7, 11) is 1.65. The molecule has 0 aliphatic carbocycles. The van der Waals surface area contributed by atoms with E-state index in [-0.39, 0.29) is 17.2 Å². The third-order valence-corrected chi connectivity index (χ3v) is 6.02. The maximum atomic E-state index is 12.4. The Morgan fingerprint density at radius 3 is 2.72 bits per heavy atom. The Morgan fingerprint density at radius 1 is 1.36 bits per heavy atom. The number of fused-ring (bicyclic) bond motifs is 1. The lowest BCUT2D eigenvalue weighted by Gasteiger charge is -2.10. The highest BCUT2D eigenvalue weighted by Crippen LogP contribution is 2.30. The molecule has 0 atom stereocenters. The molecule has 9 heteroatoms. The van der Waals surface area contributed by atoms with Crippen LogP contribution < -0.4 is 10.9 Å². The van der Waals surface area contributed by atoms with Crippen LogP contribution in [0.4, 0.5) is 5.69 Å². The number of nitrogens with one attached hydrogen (secondary N) is 1. The highest BCUT2D eigenvalue weighted by atomic mass is 35.5. The Labute approximate surface area is 162 Å². The molecule has 0 saturated heterocycles. The minimum atomic E-state index is -0.281. The van der Waals surface area contributed by atoms with Gasteiger partial charge >= 0.3 is 0 Å². The minimum absolute atomic E-state index is 0.0810. The number of benzene rings is 1. The number of rotatable bonds is 4. The number of nitrogens with zero attached hydrogens (tertiary/aromatic N) is 2. The van der Waals surface area contributed by atoms with Gasteiger partial charge in [0.1, 0.15) is 4.83 Å². The van der Waals surface area contributed by atoms with Gasteiger partial charge in [-0.1, -0.05) is 41.0 Å². The lowest BCUT2D eigenvalue weighted by Crippen LogP contribution is -2.21. The summed E-state index contributed by atoms with van der Waals surface area (Å²) in [5.41, 5.74) is 0.258. The van der Waals surface area contributed by atoms with Crippen molar-refractivity contribution in [2.75, 3.05) is 11.1 Å². The first-order valence-corrected chi connectivity index (χ1v) is 9.76. The third kappa shape index (κ3) is 3.84. The minimum Gasteiger partial charge on any atom is -0.323 e. The van der Waals surface area contributed by atoms with Gasteiger partial charge in [-0.2, -0.15) is 0 Å². The molecular weight excluding hydrogens is 401 g/mol. The highest BCUT2D eigenvalue weighted by molar-refractivity contribution is 7.99. The van der Waals surface area contributed by atoms with Gasteiger partial charge < -0.3 is 5.32 Å². The summed E-state index contributed by atoms with van der Waals surface area (Å²) >= 11 is 14.7. The summed E-state index contributed by atoms with van der Waals surface area (Å²) in [5, 5.41) is 4.51. The molecule has 0 radical (unpaired) electrons. The summed E-state index contributed by atoms with van der Waals surface area (Å²) in [6, 6.07) is 6.83. The number of hydrogen-bond donors (Lipinski definition) is 1. The van der Waals surface area contributed by atoms with Crippen LogP contribution in [-0.2, 0) is 11.8 Å². The average molecular weight is 414 g/mol. The van der Waals surface area contributed by atoms with Gasteiger partial charge in [-0.25, -0.2) is 4.98 Å². The van der Waals surface area contributed by atoms with Crippen LogP contribution in [0.25, 0.3) is 10.2 Å². The van der Waals surface area contributed by atoms with Gasteiger partial charge in [0.2, 0.25) is 5.91 Å². The molecule has 130 valence electrons. The second-order valence-electron chi connectivity index (χ2n) is 5.27. The van der Waals surface area contributed by atoms with Gasteiger partial charge in [-0.3, -0.25) is 14.2 Å². The van der Waals surface area contributed by atoms with Crippen molar-refractivity contribution in [3.05, 3.63) is 49.5 Å². The number of aryl methyl sites for hydroxylation is 1. The predicted molar refractivity (Wildman–Crippen MR) is 105 cm³/mol. The quantitative estimate of drug-likeness (QED) is 0.510. The maximum Gasteiger partial charge on any atom is 0.262 e. The van der Waals surface area contributed by atoms with Crippen molar-refractivity contribution in [2.45, 2.75) is 12.1 Å². The van der Waals surface area contributed by atoms with E-state index in [9.17, 15) is 9.59 Å². The zero-order valence-electron chi connectivity index (χ0n) is 13.3. The molecule has 3 aromatic rings. The summed E-state index contributed by atoms with van der Waals surface area (Å²) < 4.78 is 1.45. The summed E-state index contributed by atoms with van der Waals surface area (Å²) in [6.45, 7) is 1.93. The van der Waals surface area contributed by atoms with E-state index < -0.39 is 0 Å². The van der Waals surface area contributed by atoms with Crippen molar-refractivity contribution >= 4 is 68.1 Å². The van der Waals surface area contributed by atoms with Crippen molar-refractivity contribution < 1.29 is 4.79 Å². The summed E-state index contributed by atoms with van der Waals surface area (Å²) in [5.74, 6) is -0.200. The van der Waals surface area contributed by atoms with Crippen LogP contribution >= 0.6 is 46.3 Å². The molecule has 1 N–H and O–H groups in total. The van der Waals surface area contributed by atoms with E-state index in [2.05, 4.69) is 10.3 Å². The fourth-order valence-corrected chi connectivity index (χ4v) is 4.40. The Hall–Kier alpha value is -1.54. The zero-order valence-corrected chi connectivity index (χ0v) is 16.4. The van der Waals surface area contributed by atoms with E-state index in [4.69, 9.17) is 23.2 Å². The van der Waals surface area contributed by atoms with E-state index in [1.165, 1.54) is 27.7 Å². The first-order chi connectivity index (χ1) is 11.9. The molecule has 1 aromatic carbocycles. The van der Waals surface area contributed by atoms with E-state index in [1.807, 2.05) is 13.0 Å². The van der Waals surface area contributed by atoms with Crippen LogP contribution in [0.3, 0.4) is 0 Å². The van der Waals surface area contributed by atoms with Crippen molar-refractivity contribution in [3.63, 3.8) is 0 Å². The van der Waals surface area contributed by atoms with Gasteiger partial charge in [0.05, 0.1) is 26.9 Å². The number of carbonyl (C=O) groups excluding carboxylic acids is 1. The normalized spacial score (nSPS) is 11.0. The molecule has 25 heavy (non-hydrogen) atoms. The lowest BCUT2D eigenvalue weighted by atomic mass is 10.3. The molecule has 0 aliphatic heterocycles. The molecule has 0 aliphatic rings. The Bertz CT molecular complexity index is 1010. The number of thioether (sulfide) groups is 1. The number of hydrogen-bond acceptors (Lipinski definition) is 5. The van der Waals surface area contributed by atoms with Crippen molar-refractivity contribution in [3.8, 4) is 0 Å². The molecule has 0 bridgehead atoms. The van der Waals surface area contributed by atoms with E-state index >= 15 is 0 Å².